The van der Waals surface area contributed by atoms with Gasteiger partial charge in [-0.1, -0.05) is 13.8 Å². The van der Waals surface area contributed by atoms with Crippen LogP contribution in [0.1, 0.15) is 25.8 Å². The molecule has 4 heteroatoms. The second kappa shape index (κ2) is 6.23. The number of hydrogen-bond donors (Lipinski definition) is 2. The lowest BCUT2D eigenvalue weighted by atomic mass is 10.0. The molecule has 0 amide bonds. The van der Waals surface area contributed by atoms with Crippen molar-refractivity contribution in [2.24, 2.45) is 5.92 Å². The Bertz CT molecular complexity index is 325. The molecule has 0 aliphatic carbocycles. The summed E-state index contributed by atoms with van der Waals surface area (Å²) >= 11 is 0. The van der Waals surface area contributed by atoms with Gasteiger partial charge in [-0.25, -0.2) is 0 Å². The van der Waals surface area contributed by atoms with E-state index in [0.717, 1.165) is 5.56 Å². The minimum absolute atomic E-state index is 0.00525. The van der Waals surface area contributed by atoms with E-state index in [1.807, 2.05) is 26.0 Å². The fraction of sp³-hybridized carbons (Fsp3) is 0.500. The zero-order valence-corrected chi connectivity index (χ0v) is 9.68. The number of pyridine rings is 1. The van der Waals surface area contributed by atoms with Crippen LogP contribution < -0.4 is 5.32 Å². The van der Waals surface area contributed by atoms with Crippen molar-refractivity contribution in [1.82, 2.24) is 10.3 Å². The Morgan fingerprint density at radius 2 is 2.06 bits per heavy atom. The maximum atomic E-state index is 10.7. The van der Waals surface area contributed by atoms with Crippen molar-refractivity contribution >= 4 is 5.97 Å². The van der Waals surface area contributed by atoms with E-state index in [1.54, 1.807) is 12.4 Å². The molecule has 0 aromatic carbocycles. The van der Waals surface area contributed by atoms with E-state index < -0.39 is 5.97 Å². The van der Waals surface area contributed by atoms with Crippen LogP contribution in [0, 0.1) is 5.92 Å². The molecule has 0 aliphatic rings. The summed E-state index contributed by atoms with van der Waals surface area (Å²) in [5.74, 6) is -0.459. The molecular formula is C12H18N2O2. The molecule has 1 heterocycles. The van der Waals surface area contributed by atoms with Crippen LogP contribution in [0.5, 0.6) is 0 Å². The topological polar surface area (TPSA) is 62.2 Å². The van der Waals surface area contributed by atoms with E-state index in [2.05, 4.69) is 10.3 Å². The van der Waals surface area contributed by atoms with Crippen LogP contribution in [-0.4, -0.2) is 22.1 Å². The van der Waals surface area contributed by atoms with Gasteiger partial charge in [-0.05, 0) is 23.6 Å². The molecule has 0 spiro atoms. The van der Waals surface area contributed by atoms with Crippen molar-refractivity contribution < 1.29 is 9.90 Å². The highest BCUT2D eigenvalue weighted by Gasteiger charge is 2.16. The van der Waals surface area contributed by atoms with E-state index in [1.165, 1.54) is 0 Å². The highest BCUT2D eigenvalue weighted by molar-refractivity contribution is 5.67. The lowest BCUT2D eigenvalue weighted by molar-refractivity contribution is -0.137. The number of rotatable bonds is 6. The molecule has 1 aromatic rings. The quantitative estimate of drug-likeness (QED) is 0.768. The molecule has 0 bridgehead atoms. The van der Waals surface area contributed by atoms with Crippen LogP contribution in [0.2, 0.25) is 0 Å². The first-order valence-corrected chi connectivity index (χ1v) is 5.43. The summed E-state index contributed by atoms with van der Waals surface area (Å²) in [6.45, 7) is 4.72. The Morgan fingerprint density at radius 3 is 2.56 bits per heavy atom. The third-order valence-corrected chi connectivity index (χ3v) is 2.52. The number of carbonyl (C=O) groups is 1. The van der Waals surface area contributed by atoms with Crippen LogP contribution in [-0.2, 0) is 11.3 Å². The van der Waals surface area contributed by atoms with Gasteiger partial charge in [-0.15, -0.1) is 0 Å². The maximum absolute atomic E-state index is 10.7. The SMILES string of the molecule is CC(C)C(CC(=O)O)NCc1ccncc1. The predicted molar refractivity (Wildman–Crippen MR) is 62.0 cm³/mol. The summed E-state index contributed by atoms with van der Waals surface area (Å²) in [5, 5.41) is 12.0. The summed E-state index contributed by atoms with van der Waals surface area (Å²) in [6.07, 6.45) is 3.62. The van der Waals surface area contributed by atoms with Crippen LogP contribution in [0.15, 0.2) is 24.5 Å². The number of carboxylic acid groups (broad SMARTS) is 1. The Balaban J connectivity index is 2.47. The Hall–Kier alpha value is -1.42. The van der Waals surface area contributed by atoms with Crippen LogP contribution in [0.4, 0.5) is 0 Å². The molecule has 0 aliphatic heterocycles. The van der Waals surface area contributed by atoms with Crippen LogP contribution in [0.3, 0.4) is 0 Å². The van der Waals surface area contributed by atoms with E-state index in [-0.39, 0.29) is 12.5 Å². The van der Waals surface area contributed by atoms with Gasteiger partial charge in [-0.2, -0.15) is 0 Å². The number of nitrogens with zero attached hydrogens (tertiary/aromatic N) is 1. The van der Waals surface area contributed by atoms with Crippen molar-refractivity contribution in [3.8, 4) is 0 Å². The number of nitrogens with one attached hydrogen (secondary N) is 1. The summed E-state index contributed by atoms with van der Waals surface area (Å²) in [5.41, 5.74) is 1.12. The zero-order valence-electron chi connectivity index (χ0n) is 9.68. The normalized spacial score (nSPS) is 12.7. The van der Waals surface area contributed by atoms with Crippen molar-refractivity contribution in [2.45, 2.75) is 32.9 Å². The van der Waals surface area contributed by atoms with Crippen LogP contribution >= 0.6 is 0 Å². The second-order valence-electron chi connectivity index (χ2n) is 4.18. The van der Waals surface area contributed by atoms with Crippen molar-refractivity contribution in [1.29, 1.82) is 0 Å². The standard InChI is InChI=1S/C12H18N2O2/c1-9(2)11(7-12(15)16)14-8-10-3-5-13-6-4-10/h3-6,9,11,14H,7-8H2,1-2H3,(H,15,16). The van der Waals surface area contributed by atoms with E-state index >= 15 is 0 Å². The number of carboxylic acids is 1. The average Bonchev–Trinajstić information content (AvgIpc) is 2.25. The molecule has 0 fully saturated rings. The maximum Gasteiger partial charge on any atom is 0.304 e. The number of aliphatic carboxylic acids is 1. The Morgan fingerprint density at radius 1 is 1.44 bits per heavy atom. The predicted octanol–water partition coefficient (Wildman–Crippen LogP) is 1.67. The lowest BCUT2D eigenvalue weighted by Crippen LogP contribution is -2.35. The molecule has 16 heavy (non-hydrogen) atoms. The minimum Gasteiger partial charge on any atom is -0.481 e. The van der Waals surface area contributed by atoms with Gasteiger partial charge < -0.3 is 10.4 Å². The molecular weight excluding hydrogens is 204 g/mol. The second-order valence-corrected chi connectivity index (χ2v) is 4.18. The first kappa shape index (κ1) is 12.6. The van der Waals surface area contributed by atoms with Crippen LogP contribution in [0.25, 0.3) is 0 Å². The Kier molecular flexibility index (Phi) is 4.92. The van der Waals surface area contributed by atoms with Gasteiger partial charge in [0.25, 0.3) is 0 Å². The molecule has 1 atom stereocenters. The highest BCUT2D eigenvalue weighted by Crippen LogP contribution is 2.07. The van der Waals surface area contributed by atoms with E-state index in [9.17, 15) is 4.79 Å². The third kappa shape index (κ3) is 4.40. The fourth-order valence-corrected chi connectivity index (χ4v) is 1.48. The molecule has 0 radical (unpaired) electrons. The summed E-state index contributed by atoms with van der Waals surface area (Å²) in [6, 6.07) is 3.85. The lowest BCUT2D eigenvalue weighted by Gasteiger charge is -2.20. The first-order valence-electron chi connectivity index (χ1n) is 5.43. The number of aromatic nitrogens is 1. The van der Waals surface area contributed by atoms with Gasteiger partial charge in [0.1, 0.15) is 0 Å². The van der Waals surface area contributed by atoms with Gasteiger partial charge in [0, 0.05) is 25.0 Å². The molecule has 0 saturated heterocycles. The van der Waals surface area contributed by atoms with Crippen molar-refractivity contribution in [3.63, 3.8) is 0 Å². The molecule has 0 saturated carbocycles. The van der Waals surface area contributed by atoms with Gasteiger partial charge in [-0.3, -0.25) is 9.78 Å². The van der Waals surface area contributed by atoms with E-state index in [0.29, 0.717) is 12.5 Å². The Labute approximate surface area is 95.7 Å². The smallest absolute Gasteiger partial charge is 0.304 e. The van der Waals surface area contributed by atoms with E-state index in [4.69, 9.17) is 5.11 Å². The molecule has 1 unspecified atom stereocenters. The highest BCUT2D eigenvalue weighted by atomic mass is 16.4. The summed E-state index contributed by atoms with van der Waals surface area (Å²) in [7, 11) is 0. The monoisotopic (exact) mass is 222 g/mol. The molecule has 88 valence electrons. The average molecular weight is 222 g/mol. The summed E-state index contributed by atoms with van der Waals surface area (Å²) < 4.78 is 0. The van der Waals surface area contributed by atoms with Gasteiger partial charge in [0.15, 0.2) is 0 Å². The molecule has 4 nitrogen and oxygen atoms in total. The third-order valence-electron chi connectivity index (χ3n) is 2.52. The molecule has 2 N–H and O–H groups in total. The van der Waals surface area contributed by atoms with Gasteiger partial charge >= 0.3 is 5.97 Å². The summed E-state index contributed by atoms with van der Waals surface area (Å²) in [4.78, 5) is 14.6. The van der Waals surface area contributed by atoms with Gasteiger partial charge in [0.2, 0.25) is 0 Å². The largest absolute Gasteiger partial charge is 0.481 e. The zero-order chi connectivity index (χ0) is 12.0. The van der Waals surface area contributed by atoms with Crippen molar-refractivity contribution in [2.75, 3.05) is 0 Å². The molecule has 1 rings (SSSR count). The fourth-order valence-electron chi connectivity index (χ4n) is 1.48. The van der Waals surface area contributed by atoms with Gasteiger partial charge in [0.05, 0.1) is 6.42 Å². The first-order chi connectivity index (χ1) is 7.59. The molecule has 1 aromatic heterocycles. The minimum atomic E-state index is -0.763. The van der Waals surface area contributed by atoms with Crippen molar-refractivity contribution in [3.05, 3.63) is 30.1 Å². The number of hydrogen-bond acceptors (Lipinski definition) is 3.